The molecule has 8 heteroatoms. The number of aromatic carboxylic acids is 1. The number of benzene rings is 1. The second kappa shape index (κ2) is 7.00. The lowest BCUT2D eigenvalue weighted by atomic mass is 9.71. The van der Waals surface area contributed by atoms with E-state index in [4.69, 9.17) is 15.4 Å². The highest BCUT2D eigenvalue weighted by molar-refractivity contribution is 7.85. The molecule has 0 heterocycles. The molecule has 144 valence electrons. The molecule has 0 aromatic heterocycles. The highest BCUT2D eigenvalue weighted by Gasteiger charge is 2.59. The molecular formula is C18H25NO6S. The van der Waals surface area contributed by atoms with E-state index < -0.39 is 22.0 Å². The molecule has 3 rings (SSSR count). The number of carboxylic acids is 1. The molecule has 1 aromatic rings. The van der Waals surface area contributed by atoms with Crippen LogP contribution in [-0.2, 0) is 10.1 Å². The Bertz CT molecular complexity index is 774. The van der Waals surface area contributed by atoms with Crippen molar-refractivity contribution in [2.45, 2.75) is 39.5 Å². The largest absolute Gasteiger partial charge is 0.478 e. The molecule has 2 bridgehead atoms. The fraction of sp³-hybridized carbons (Fsp3) is 0.556. The van der Waals surface area contributed by atoms with E-state index in [0.717, 1.165) is 25.7 Å². The molecule has 2 saturated carbocycles. The van der Waals surface area contributed by atoms with Crippen LogP contribution in [0.3, 0.4) is 0 Å². The number of carboxylic acid groups (broad SMARTS) is 1. The van der Waals surface area contributed by atoms with E-state index >= 15 is 0 Å². The van der Waals surface area contributed by atoms with Gasteiger partial charge in [-0.15, -0.1) is 0 Å². The summed E-state index contributed by atoms with van der Waals surface area (Å²) < 4.78 is 31.0. The van der Waals surface area contributed by atoms with E-state index in [1.807, 2.05) is 0 Å². The molecule has 0 aliphatic heterocycles. The summed E-state index contributed by atoms with van der Waals surface area (Å²) in [7, 11) is -3.82. The van der Waals surface area contributed by atoms with Gasteiger partial charge in [0.25, 0.3) is 10.1 Å². The molecule has 1 aromatic carbocycles. The minimum absolute atomic E-state index is 0.0324. The Morgan fingerprint density at radius 2 is 1.65 bits per heavy atom. The zero-order valence-electron chi connectivity index (χ0n) is 14.9. The van der Waals surface area contributed by atoms with E-state index in [1.165, 1.54) is 18.2 Å². The molecule has 0 saturated heterocycles. The van der Waals surface area contributed by atoms with Crippen molar-refractivity contribution in [1.82, 2.24) is 0 Å². The summed E-state index contributed by atoms with van der Waals surface area (Å²) >= 11 is 0. The number of hydrogen-bond acceptors (Lipinski definition) is 4. The fourth-order valence-corrected chi connectivity index (χ4v) is 5.89. The molecule has 0 radical (unpaired) electrons. The molecule has 4 N–H and O–H groups in total. The zero-order chi connectivity index (χ0) is 19.8. The van der Waals surface area contributed by atoms with Gasteiger partial charge in [0.05, 0.1) is 16.9 Å². The van der Waals surface area contributed by atoms with Crippen LogP contribution in [0.2, 0.25) is 0 Å². The topological polar surface area (TPSA) is 135 Å². The Morgan fingerprint density at radius 1 is 1.15 bits per heavy atom. The predicted molar refractivity (Wildman–Crippen MR) is 96.5 cm³/mol. The van der Waals surface area contributed by atoms with Crippen molar-refractivity contribution in [1.29, 1.82) is 0 Å². The van der Waals surface area contributed by atoms with Gasteiger partial charge < -0.3 is 10.8 Å². The molecule has 1 amide bonds. The molecule has 0 spiro atoms. The molecule has 0 unspecified atom stereocenters. The minimum Gasteiger partial charge on any atom is -0.478 e. The normalized spacial score (nSPS) is 26.0. The summed E-state index contributed by atoms with van der Waals surface area (Å²) in [5.41, 5.74) is 4.86. The van der Waals surface area contributed by atoms with E-state index in [1.54, 1.807) is 6.07 Å². The van der Waals surface area contributed by atoms with Gasteiger partial charge in [-0.25, -0.2) is 4.79 Å². The highest BCUT2D eigenvalue weighted by atomic mass is 32.2. The van der Waals surface area contributed by atoms with Gasteiger partial charge in [0.15, 0.2) is 0 Å². The first kappa shape index (κ1) is 20.4. The zero-order valence-corrected chi connectivity index (χ0v) is 15.8. The number of hydrogen-bond donors (Lipinski definition) is 3. The van der Waals surface area contributed by atoms with Gasteiger partial charge in [-0.05, 0) is 54.6 Å². The summed E-state index contributed by atoms with van der Waals surface area (Å²) in [6.45, 7) is 4.31. The van der Waals surface area contributed by atoms with Crippen molar-refractivity contribution in [3.8, 4) is 0 Å². The Hall–Kier alpha value is -1.93. The van der Waals surface area contributed by atoms with Gasteiger partial charge in [-0.2, -0.15) is 8.42 Å². The van der Waals surface area contributed by atoms with Gasteiger partial charge in [0.1, 0.15) is 0 Å². The standard InChI is InChI=1S/C10H18O3S.C8H7NO3/c1-9(2)8-3-5-10(9,6-4-8)7-14(11,12)13;9-7(10)5-3-1-2-4-6(5)8(11)12/h8H,3-7H2,1-2H3,(H,11,12,13);1-4H,(H2,9,10)(H,11,12). The van der Waals surface area contributed by atoms with Crippen LogP contribution >= 0.6 is 0 Å². The van der Waals surface area contributed by atoms with E-state index in [0.29, 0.717) is 5.92 Å². The molecule has 2 aliphatic carbocycles. The van der Waals surface area contributed by atoms with Crippen LogP contribution in [0.15, 0.2) is 24.3 Å². The predicted octanol–water partition coefficient (Wildman–Crippen LogP) is 2.57. The van der Waals surface area contributed by atoms with Crippen molar-refractivity contribution in [2.24, 2.45) is 22.5 Å². The maximum absolute atomic E-state index is 11.0. The van der Waals surface area contributed by atoms with Gasteiger partial charge in [0, 0.05) is 0 Å². The summed E-state index contributed by atoms with van der Waals surface area (Å²) in [5.74, 6) is -1.26. The Kier molecular flexibility index (Phi) is 5.49. The molecular weight excluding hydrogens is 358 g/mol. The number of amides is 1. The van der Waals surface area contributed by atoms with Gasteiger partial charge >= 0.3 is 5.97 Å². The Balaban J connectivity index is 0.000000190. The molecule has 0 atom stereocenters. The molecule has 2 fully saturated rings. The van der Waals surface area contributed by atoms with E-state index in [2.05, 4.69) is 13.8 Å². The van der Waals surface area contributed by atoms with Crippen molar-refractivity contribution < 1.29 is 27.7 Å². The lowest BCUT2D eigenvalue weighted by Crippen LogP contribution is -2.36. The second-order valence-corrected chi connectivity index (χ2v) is 9.17. The molecule has 7 nitrogen and oxygen atoms in total. The average molecular weight is 383 g/mol. The van der Waals surface area contributed by atoms with Crippen LogP contribution in [0.25, 0.3) is 0 Å². The van der Waals surface area contributed by atoms with E-state index in [-0.39, 0.29) is 27.7 Å². The van der Waals surface area contributed by atoms with Crippen LogP contribution in [0.5, 0.6) is 0 Å². The number of nitrogens with two attached hydrogens (primary N) is 1. The van der Waals surface area contributed by atoms with Crippen LogP contribution < -0.4 is 5.73 Å². The Labute approximate surface area is 153 Å². The Morgan fingerprint density at radius 3 is 1.96 bits per heavy atom. The van der Waals surface area contributed by atoms with Crippen molar-refractivity contribution in [3.05, 3.63) is 35.4 Å². The molecule has 26 heavy (non-hydrogen) atoms. The average Bonchev–Trinajstić information content (AvgIpc) is 2.90. The summed E-state index contributed by atoms with van der Waals surface area (Å²) in [4.78, 5) is 21.2. The third-order valence-electron chi connectivity index (χ3n) is 6.21. The number of carbonyl (C=O) groups is 2. The summed E-state index contributed by atoms with van der Waals surface area (Å²) in [5, 5.41) is 8.61. The van der Waals surface area contributed by atoms with Crippen LogP contribution in [0, 0.1) is 16.7 Å². The number of fused-ring (bicyclic) bond motifs is 2. The third-order valence-corrected chi connectivity index (χ3v) is 7.13. The van der Waals surface area contributed by atoms with Gasteiger partial charge in [-0.3, -0.25) is 9.35 Å². The maximum atomic E-state index is 11.0. The quantitative estimate of drug-likeness (QED) is 0.684. The fourth-order valence-electron chi connectivity index (χ4n) is 4.53. The lowest BCUT2D eigenvalue weighted by Gasteiger charge is -2.37. The lowest BCUT2D eigenvalue weighted by molar-refractivity contribution is 0.0692. The first-order valence-electron chi connectivity index (χ1n) is 8.47. The first-order valence-corrected chi connectivity index (χ1v) is 10.1. The summed E-state index contributed by atoms with van der Waals surface area (Å²) in [6, 6.07) is 5.82. The number of primary amides is 1. The summed E-state index contributed by atoms with van der Waals surface area (Å²) in [6.07, 6.45) is 4.18. The smallest absolute Gasteiger partial charge is 0.336 e. The maximum Gasteiger partial charge on any atom is 0.336 e. The highest BCUT2D eigenvalue weighted by Crippen LogP contribution is 2.65. The second-order valence-electron chi connectivity index (χ2n) is 7.72. The van der Waals surface area contributed by atoms with Crippen LogP contribution in [0.4, 0.5) is 0 Å². The van der Waals surface area contributed by atoms with Crippen molar-refractivity contribution >= 4 is 22.0 Å². The SMILES string of the molecule is CC1(C)C2CCC1(CS(=O)(=O)O)CC2.NC(=O)c1ccccc1C(=O)O. The van der Waals surface area contributed by atoms with Crippen molar-refractivity contribution in [2.75, 3.05) is 5.75 Å². The van der Waals surface area contributed by atoms with Crippen molar-refractivity contribution in [3.63, 3.8) is 0 Å². The van der Waals surface area contributed by atoms with Gasteiger partial charge in [0.2, 0.25) is 5.91 Å². The van der Waals surface area contributed by atoms with Gasteiger partial charge in [-0.1, -0.05) is 26.0 Å². The first-order chi connectivity index (χ1) is 11.9. The van der Waals surface area contributed by atoms with Crippen LogP contribution in [0.1, 0.15) is 60.2 Å². The monoisotopic (exact) mass is 383 g/mol. The number of carbonyl (C=O) groups excluding carboxylic acids is 1. The minimum atomic E-state index is -3.82. The van der Waals surface area contributed by atoms with Crippen LogP contribution in [-0.4, -0.2) is 35.7 Å². The number of rotatable bonds is 4. The molecule has 2 aliphatic rings. The third kappa shape index (κ3) is 3.91. The van der Waals surface area contributed by atoms with E-state index in [9.17, 15) is 18.0 Å².